The lowest BCUT2D eigenvalue weighted by atomic mass is 10.1. The molecule has 1 aromatic heterocycles. The van der Waals surface area contributed by atoms with E-state index in [1.54, 1.807) is 6.26 Å². The van der Waals surface area contributed by atoms with Gasteiger partial charge in [0.15, 0.2) is 5.89 Å². The van der Waals surface area contributed by atoms with Gasteiger partial charge in [-0.05, 0) is 17.7 Å². The minimum atomic E-state index is 0.248. The summed E-state index contributed by atoms with van der Waals surface area (Å²) in [7, 11) is 0. The number of hydrogen-bond acceptors (Lipinski definition) is 3. The lowest BCUT2D eigenvalue weighted by molar-refractivity contribution is 0.505. The van der Waals surface area contributed by atoms with E-state index in [0.717, 1.165) is 16.1 Å². The topological polar surface area (TPSA) is 52.0 Å². The van der Waals surface area contributed by atoms with E-state index in [9.17, 15) is 0 Å². The van der Waals surface area contributed by atoms with Crippen LogP contribution in [0.25, 0.3) is 0 Å². The summed E-state index contributed by atoms with van der Waals surface area (Å²) in [6.07, 6.45) is 2.41. The van der Waals surface area contributed by atoms with Crippen LogP contribution in [0.4, 0.5) is 0 Å². The average Bonchev–Trinajstić information content (AvgIpc) is 2.80. The van der Waals surface area contributed by atoms with Gasteiger partial charge >= 0.3 is 0 Å². The first-order valence-corrected chi connectivity index (χ1v) is 6.37. The minimum absolute atomic E-state index is 0.248. The van der Waals surface area contributed by atoms with Crippen LogP contribution >= 0.6 is 15.9 Å². The van der Waals surface area contributed by atoms with Crippen LogP contribution in [0.1, 0.15) is 30.0 Å². The quantitative estimate of drug-likeness (QED) is 0.943. The molecule has 0 amide bonds. The molecule has 0 aliphatic rings. The molecule has 0 saturated heterocycles. The van der Waals surface area contributed by atoms with Crippen molar-refractivity contribution in [2.24, 2.45) is 5.73 Å². The van der Waals surface area contributed by atoms with Crippen molar-refractivity contribution in [2.45, 2.75) is 19.3 Å². The number of halogens is 1. The van der Waals surface area contributed by atoms with Crippen molar-refractivity contribution in [3.05, 3.63) is 52.1 Å². The maximum absolute atomic E-state index is 5.60. The Bertz CT molecular complexity index is 478. The summed E-state index contributed by atoms with van der Waals surface area (Å²) < 4.78 is 6.52. The second kappa shape index (κ2) is 5.47. The van der Waals surface area contributed by atoms with Gasteiger partial charge in [-0.25, -0.2) is 4.98 Å². The maximum atomic E-state index is 5.60. The highest BCUT2D eigenvalue weighted by molar-refractivity contribution is 9.10. The van der Waals surface area contributed by atoms with Gasteiger partial charge < -0.3 is 10.2 Å². The van der Waals surface area contributed by atoms with Crippen LogP contribution in [-0.2, 0) is 6.42 Å². The first-order valence-electron chi connectivity index (χ1n) is 5.58. The summed E-state index contributed by atoms with van der Waals surface area (Å²) in [5.41, 5.74) is 7.71. The van der Waals surface area contributed by atoms with Gasteiger partial charge in [0, 0.05) is 23.4 Å². The zero-order chi connectivity index (χ0) is 12.3. The Labute approximate surface area is 109 Å². The third-order valence-electron chi connectivity index (χ3n) is 2.70. The van der Waals surface area contributed by atoms with Crippen LogP contribution in [0, 0.1) is 0 Å². The Morgan fingerprint density at radius 2 is 2.06 bits per heavy atom. The lowest BCUT2D eigenvalue weighted by Crippen LogP contribution is -2.09. The summed E-state index contributed by atoms with van der Waals surface area (Å²) in [6.45, 7) is 2.63. The molecule has 0 bridgehead atoms. The van der Waals surface area contributed by atoms with Crippen LogP contribution < -0.4 is 5.73 Å². The molecule has 1 atom stereocenters. The molecule has 0 spiro atoms. The van der Waals surface area contributed by atoms with Gasteiger partial charge in [0.2, 0.25) is 0 Å². The number of hydrogen-bond donors (Lipinski definition) is 1. The van der Waals surface area contributed by atoms with Crippen molar-refractivity contribution >= 4 is 15.9 Å². The van der Waals surface area contributed by atoms with Crippen molar-refractivity contribution in [2.75, 3.05) is 6.54 Å². The molecule has 0 fully saturated rings. The predicted molar refractivity (Wildman–Crippen MR) is 70.9 cm³/mol. The maximum Gasteiger partial charge on any atom is 0.198 e. The van der Waals surface area contributed by atoms with E-state index in [4.69, 9.17) is 10.2 Å². The van der Waals surface area contributed by atoms with Crippen LogP contribution in [-0.4, -0.2) is 11.5 Å². The van der Waals surface area contributed by atoms with Gasteiger partial charge in [-0.3, -0.25) is 0 Å². The molecule has 0 radical (unpaired) electrons. The van der Waals surface area contributed by atoms with Gasteiger partial charge in [0.1, 0.15) is 6.26 Å². The fourth-order valence-electron chi connectivity index (χ4n) is 1.53. The molecule has 2 rings (SSSR count). The Kier molecular flexibility index (Phi) is 3.97. The molecule has 2 N–H and O–H groups in total. The van der Waals surface area contributed by atoms with Crippen molar-refractivity contribution in [3.63, 3.8) is 0 Å². The second-order valence-corrected chi connectivity index (χ2v) is 5.02. The first kappa shape index (κ1) is 12.3. The number of oxazole rings is 1. The zero-order valence-electron chi connectivity index (χ0n) is 9.69. The smallest absolute Gasteiger partial charge is 0.198 e. The largest absolute Gasteiger partial charge is 0.448 e. The molecule has 1 aromatic carbocycles. The van der Waals surface area contributed by atoms with Gasteiger partial charge in [-0.2, -0.15) is 0 Å². The van der Waals surface area contributed by atoms with Crippen LogP contribution in [0.2, 0.25) is 0 Å². The van der Waals surface area contributed by atoms with E-state index in [1.807, 2.05) is 19.1 Å². The Balaban J connectivity index is 2.08. The normalized spacial score (nSPS) is 12.6. The van der Waals surface area contributed by atoms with Gasteiger partial charge in [-0.15, -0.1) is 0 Å². The highest BCUT2D eigenvalue weighted by atomic mass is 79.9. The van der Waals surface area contributed by atoms with Crippen LogP contribution in [0.5, 0.6) is 0 Å². The Morgan fingerprint density at radius 3 is 2.71 bits per heavy atom. The fourth-order valence-corrected chi connectivity index (χ4v) is 1.79. The SMILES string of the molecule is CC(CN)c1coc(Cc2ccc(Br)cc2)n1. The Morgan fingerprint density at radius 1 is 1.35 bits per heavy atom. The molecule has 1 unspecified atom stereocenters. The van der Waals surface area contributed by atoms with Crippen LogP contribution in [0.15, 0.2) is 39.4 Å². The van der Waals surface area contributed by atoms with Crippen molar-refractivity contribution in [3.8, 4) is 0 Å². The molecule has 3 nitrogen and oxygen atoms in total. The molecule has 2 aromatic rings. The monoisotopic (exact) mass is 294 g/mol. The fraction of sp³-hybridized carbons (Fsp3) is 0.308. The molecular weight excluding hydrogens is 280 g/mol. The lowest BCUT2D eigenvalue weighted by Gasteiger charge is -2.01. The van der Waals surface area contributed by atoms with E-state index >= 15 is 0 Å². The summed E-state index contributed by atoms with van der Waals surface area (Å²) in [6, 6.07) is 8.14. The number of nitrogens with zero attached hydrogens (tertiary/aromatic N) is 1. The summed E-state index contributed by atoms with van der Waals surface area (Å²) in [5, 5.41) is 0. The predicted octanol–water partition coefficient (Wildman–Crippen LogP) is 3.09. The highest BCUT2D eigenvalue weighted by Crippen LogP contribution is 2.17. The van der Waals surface area contributed by atoms with Crippen LogP contribution in [0.3, 0.4) is 0 Å². The third kappa shape index (κ3) is 3.17. The number of aromatic nitrogens is 1. The number of nitrogens with two attached hydrogens (primary N) is 1. The molecule has 0 aliphatic heterocycles. The molecule has 1 heterocycles. The van der Waals surface area contributed by atoms with Crippen molar-refractivity contribution in [1.29, 1.82) is 0 Å². The van der Waals surface area contributed by atoms with Crippen molar-refractivity contribution in [1.82, 2.24) is 4.98 Å². The van der Waals surface area contributed by atoms with E-state index in [2.05, 4.69) is 33.0 Å². The number of benzene rings is 1. The molecular formula is C13H15BrN2O. The minimum Gasteiger partial charge on any atom is -0.448 e. The van der Waals surface area contributed by atoms with Gasteiger partial charge in [0.25, 0.3) is 0 Å². The standard InChI is InChI=1S/C13H15BrN2O/c1-9(7-15)12-8-17-13(16-12)6-10-2-4-11(14)5-3-10/h2-5,8-9H,6-7,15H2,1H3. The van der Waals surface area contributed by atoms with Gasteiger partial charge in [0.05, 0.1) is 5.69 Å². The van der Waals surface area contributed by atoms with E-state index in [-0.39, 0.29) is 5.92 Å². The molecule has 90 valence electrons. The molecule has 0 aliphatic carbocycles. The summed E-state index contributed by atoms with van der Waals surface area (Å²) in [5.74, 6) is 0.986. The first-order chi connectivity index (χ1) is 8.19. The molecule has 17 heavy (non-hydrogen) atoms. The van der Waals surface area contributed by atoms with E-state index in [0.29, 0.717) is 13.0 Å². The molecule has 4 heteroatoms. The second-order valence-electron chi connectivity index (χ2n) is 4.11. The van der Waals surface area contributed by atoms with E-state index in [1.165, 1.54) is 5.56 Å². The highest BCUT2D eigenvalue weighted by Gasteiger charge is 2.10. The van der Waals surface area contributed by atoms with Gasteiger partial charge in [-0.1, -0.05) is 35.0 Å². The van der Waals surface area contributed by atoms with E-state index < -0.39 is 0 Å². The summed E-state index contributed by atoms with van der Waals surface area (Å²) >= 11 is 3.41. The number of rotatable bonds is 4. The Hall–Kier alpha value is -1.13. The van der Waals surface area contributed by atoms with Crippen molar-refractivity contribution < 1.29 is 4.42 Å². The zero-order valence-corrected chi connectivity index (χ0v) is 11.3. The average molecular weight is 295 g/mol. The summed E-state index contributed by atoms with van der Waals surface area (Å²) in [4.78, 5) is 4.44. The molecule has 0 saturated carbocycles. The third-order valence-corrected chi connectivity index (χ3v) is 3.23.